The standard InChI is InChI=1S/C17H16FN3O3/c1-23-13-5-3-4-11(8-13)17-15(10-22)19-20-21(17)12-6-7-16(24-2)14(18)9-12/h3-9,22H,10H2,1-2H3. The fraction of sp³-hybridized carbons (Fsp3) is 0.176. The molecule has 1 N–H and O–H groups in total. The number of aliphatic hydroxyl groups is 1. The van der Waals surface area contributed by atoms with Gasteiger partial charge in [0.1, 0.15) is 17.1 Å². The van der Waals surface area contributed by atoms with Crippen LogP contribution in [0, 0.1) is 5.82 Å². The molecule has 1 heterocycles. The first-order valence-corrected chi connectivity index (χ1v) is 7.21. The van der Waals surface area contributed by atoms with Crippen molar-refractivity contribution in [1.29, 1.82) is 0 Å². The van der Waals surface area contributed by atoms with E-state index in [1.807, 2.05) is 18.2 Å². The van der Waals surface area contributed by atoms with Gasteiger partial charge in [-0.3, -0.25) is 0 Å². The molecule has 0 aliphatic rings. The van der Waals surface area contributed by atoms with Gasteiger partial charge in [-0.2, -0.15) is 0 Å². The average molecular weight is 329 g/mol. The third-order valence-electron chi connectivity index (χ3n) is 3.61. The summed E-state index contributed by atoms with van der Waals surface area (Å²) in [7, 11) is 2.97. The fourth-order valence-corrected chi connectivity index (χ4v) is 2.45. The van der Waals surface area contributed by atoms with E-state index in [1.54, 1.807) is 19.2 Å². The van der Waals surface area contributed by atoms with Gasteiger partial charge in [-0.05, 0) is 24.3 Å². The maximum absolute atomic E-state index is 14.0. The smallest absolute Gasteiger partial charge is 0.167 e. The summed E-state index contributed by atoms with van der Waals surface area (Å²) in [6.45, 7) is -0.287. The first-order valence-electron chi connectivity index (χ1n) is 7.21. The summed E-state index contributed by atoms with van der Waals surface area (Å²) in [4.78, 5) is 0. The van der Waals surface area contributed by atoms with Crippen molar-refractivity contribution < 1.29 is 19.0 Å². The lowest BCUT2D eigenvalue weighted by Crippen LogP contribution is -2.02. The largest absolute Gasteiger partial charge is 0.497 e. The minimum Gasteiger partial charge on any atom is -0.497 e. The lowest BCUT2D eigenvalue weighted by Gasteiger charge is -2.10. The lowest BCUT2D eigenvalue weighted by molar-refractivity contribution is 0.277. The fourth-order valence-electron chi connectivity index (χ4n) is 2.45. The Hall–Kier alpha value is -2.93. The number of rotatable bonds is 5. The third-order valence-corrected chi connectivity index (χ3v) is 3.61. The van der Waals surface area contributed by atoms with Crippen LogP contribution in [0.4, 0.5) is 4.39 Å². The van der Waals surface area contributed by atoms with Gasteiger partial charge in [-0.15, -0.1) is 5.10 Å². The number of aromatic nitrogens is 3. The average Bonchev–Trinajstić information content (AvgIpc) is 3.05. The Morgan fingerprint density at radius 1 is 1.12 bits per heavy atom. The molecule has 2 aromatic carbocycles. The van der Waals surface area contributed by atoms with E-state index in [0.29, 0.717) is 22.8 Å². The highest BCUT2D eigenvalue weighted by Crippen LogP contribution is 2.29. The van der Waals surface area contributed by atoms with Crippen LogP contribution in [0.2, 0.25) is 0 Å². The first kappa shape index (κ1) is 15.9. The molecular weight excluding hydrogens is 313 g/mol. The van der Waals surface area contributed by atoms with Gasteiger partial charge in [-0.25, -0.2) is 9.07 Å². The predicted molar refractivity (Wildman–Crippen MR) is 85.8 cm³/mol. The van der Waals surface area contributed by atoms with Crippen molar-refractivity contribution in [3.63, 3.8) is 0 Å². The monoisotopic (exact) mass is 329 g/mol. The number of hydrogen-bond acceptors (Lipinski definition) is 5. The van der Waals surface area contributed by atoms with Crippen LogP contribution in [-0.4, -0.2) is 34.3 Å². The van der Waals surface area contributed by atoms with Crippen LogP contribution >= 0.6 is 0 Å². The molecule has 0 bridgehead atoms. The molecular formula is C17H16FN3O3. The second-order valence-electron chi connectivity index (χ2n) is 5.01. The van der Waals surface area contributed by atoms with Gasteiger partial charge in [0, 0.05) is 11.6 Å². The zero-order valence-electron chi connectivity index (χ0n) is 13.2. The summed E-state index contributed by atoms with van der Waals surface area (Å²) < 4.78 is 25.7. The minimum atomic E-state index is -0.507. The van der Waals surface area contributed by atoms with Crippen molar-refractivity contribution in [2.75, 3.05) is 14.2 Å². The molecule has 0 spiro atoms. The number of halogens is 1. The highest BCUT2D eigenvalue weighted by atomic mass is 19.1. The molecule has 24 heavy (non-hydrogen) atoms. The van der Waals surface area contributed by atoms with Crippen LogP contribution in [0.1, 0.15) is 5.69 Å². The topological polar surface area (TPSA) is 69.4 Å². The van der Waals surface area contributed by atoms with Gasteiger partial charge in [-0.1, -0.05) is 17.3 Å². The van der Waals surface area contributed by atoms with E-state index in [9.17, 15) is 9.50 Å². The van der Waals surface area contributed by atoms with Gasteiger partial charge in [0.25, 0.3) is 0 Å². The van der Waals surface area contributed by atoms with Crippen molar-refractivity contribution in [1.82, 2.24) is 15.0 Å². The van der Waals surface area contributed by atoms with Crippen molar-refractivity contribution in [2.45, 2.75) is 6.61 Å². The second-order valence-corrected chi connectivity index (χ2v) is 5.01. The maximum Gasteiger partial charge on any atom is 0.167 e. The van der Waals surface area contributed by atoms with Crippen LogP contribution in [-0.2, 0) is 6.61 Å². The van der Waals surface area contributed by atoms with E-state index >= 15 is 0 Å². The molecule has 1 aromatic heterocycles. The Morgan fingerprint density at radius 2 is 1.96 bits per heavy atom. The molecule has 0 saturated heterocycles. The lowest BCUT2D eigenvalue weighted by atomic mass is 10.1. The van der Waals surface area contributed by atoms with Crippen molar-refractivity contribution in [3.8, 4) is 28.4 Å². The van der Waals surface area contributed by atoms with Crippen molar-refractivity contribution in [3.05, 3.63) is 54.0 Å². The molecule has 0 aliphatic carbocycles. The molecule has 0 amide bonds. The molecule has 3 rings (SSSR count). The van der Waals surface area contributed by atoms with Crippen LogP contribution in [0.3, 0.4) is 0 Å². The molecule has 0 unspecified atom stereocenters. The summed E-state index contributed by atoms with van der Waals surface area (Å²) >= 11 is 0. The highest BCUT2D eigenvalue weighted by molar-refractivity contribution is 5.66. The van der Waals surface area contributed by atoms with Gasteiger partial charge in [0.05, 0.1) is 26.5 Å². The van der Waals surface area contributed by atoms with Crippen LogP contribution in [0.5, 0.6) is 11.5 Å². The summed E-state index contributed by atoms with van der Waals surface area (Å²) in [6.07, 6.45) is 0. The zero-order valence-corrected chi connectivity index (χ0v) is 13.2. The molecule has 0 radical (unpaired) electrons. The first-order chi connectivity index (χ1) is 11.7. The Kier molecular flexibility index (Phi) is 4.43. The van der Waals surface area contributed by atoms with Crippen LogP contribution in [0.25, 0.3) is 16.9 Å². The summed E-state index contributed by atoms with van der Waals surface area (Å²) in [6, 6.07) is 11.8. The van der Waals surface area contributed by atoms with Gasteiger partial charge in [0.15, 0.2) is 11.6 Å². The Bertz CT molecular complexity index is 864. The number of methoxy groups -OCH3 is 2. The van der Waals surface area contributed by atoms with Crippen LogP contribution < -0.4 is 9.47 Å². The third kappa shape index (κ3) is 2.81. The highest BCUT2D eigenvalue weighted by Gasteiger charge is 2.17. The number of aliphatic hydroxyl groups excluding tert-OH is 1. The molecule has 0 saturated carbocycles. The number of hydrogen-bond donors (Lipinski definition) is 1. The Balaban J connectivity index is 2.16. The molecule has 124 valence electrons. The van der Waals surface area contributed by atoms with E-state index in [-0.39, 0.29) is 12.4 Å². The van der Waals surface area contributed by atoms with E-state index < -0.39 is 5.82 Å². The minimum absolute atomic E-state index is 0.143. The molecule has 0 atom stereocenters. The number of ether oxygens (including phenoxy) is 2. The van der Waals surface area contributed by atoms with Gasteiger partial charge < -0.3 is 14.6 Å². The Labute approximate surface area is 138 Å². The molecule has 3 aromatic rings. The summed E-state index contributed by atoms with van der Waals surface area (Å²) in [5, 5.41) is 17.6. The number of nitrogens with zero attached hydrogens (tertiary/aromatic N) is 3. The quantitative estimate of drug-likeness (QED) is 0.779. The van der Waals surface area contributed by atoms with E-state index in [4.69, 9.17) is 9.47 Å². The van der Waals surface area contributed by atoms with E-state index in [2.05, 4.69) is 10.3 Å². The van der Waals surface area contributed by atoms with Gasteiger partial charge in [0.2, 0.25) is 0 Å². The summed E-state index contributed by atoms with van der Waals surface area (Å²) in [5.41, 5.74) is 2.18. The van der Waals surface area contributed by atoms with E-state index in [0.717, 1.165) is 5.56 Å². The molecule has 7 heteroatoms. The van der Waals surface area contributed by atoms with Gasteiger partial charge >= 0.3 is 0 Å². The molecule has 0 fully saturated rings. The molecule has 6 nitrogen and oxygen atoms in total. The maximum atomic E-state index is 14.0. The summed E-state index contributed by atoms with van der Waals surface area (Å²) in [5.74, 6) is 0.293. The normalized spacial score (nSPS) is 10.7. The zero-order chi connectivity index (χ0) is 17.1. The molecule has 0 aliphatic heterocycles. The van der Waals surface area contributed by atoms with Crippen LogP contribution in [0.15, 0.2) is 42.5 Å². The predicted octanol–water partition coefficient (Wildman–Crippen LogP) is 2.58. The van der Waals surface area contributed by atoms with Crippen molar-refractivity contribution in [2.24, 2.45) is 0 Å². The number of benzene rings is 2. The second kappa shape index (κ2) is 6.67. The van der Waals surface area contributed by atoms with Crippen molar-refractivity contribution >= 4 is 0 Å². The van der Waals surface area contributed by atoms with E-state index in [1.165, 1.54) is 23.9 Å². The Morgan fingerprint density at radius 3 is 2.62 bits per heavy atom. The SMILES string of the molecule is COc1cccc(-c2c(CO)nnn2-c2ccc(OC)c(F)c2)c1.